The van der Waals surface area contributed by atoms with Gasteiger partial charge in [0.2, 0.25) is 0 Å². The number of esters is 1. The van der Waals surface area contributed by atoms with Gasteiger partial charge in [0.1, 0.15) is 5.82 Å². The molecule has 0 heterocycles. The smallest absolute Gasteiger partial charge is 0.344 e. The molecule has 0 amide bonds. The van der Waals surface area contributed by atoms with Crippen molar-refractivity contribution in [1.29, 1.82) is 0 Å². The first-order valence-corrected chi connectivity index (χ1v) is 8.22. The van der Waals surface area contributed by atoms with Crippen LogP contribution in [0.15, 0.2) is 36.4 Å². The third kappa shape index (κ3) is 6.26. The average Bonchev–Trinajstić information content (AvgIpc) is 2.55. The van der Waals surface area contributed by atoms with Crippen LogP contribution in [0.5, 0.6) is 5.75 Å². The Morgan fingerprint density at radius 3 is 2.38 bits per heavy atom. The molecule has 2 aromatic rings. The van der Waals surface area contributed by atoms with Crippen LogP contribution in [-0.4, -0.2) is 5.97 Å². The van der Waals surface area contributed by atoms with Crippen LogP contribution in [0, 0.1) is 23.6 Å². The molecule has 2 nitrogen and oxygen atoms in total. The fourth-order valence-corrected chi connectivity index (χ4v) is 3.19. The summed E-state index contributed by atoms with van der Waals surface area (Å²) < 4.78 is 32.4. The van der Waals surface area contributed by atoms with Crippen LogP contribution in [0.25, 0.3) is 0 Å². The molecule has 0 spiro atoms. The fourth-order valence-electron chi connectivity index (χ4n) is 3.19. The van der Waals surface area contributed by atoms with Gasteiger partial charge < -0.3 is 4.74 Å². The molecule has 0 aromatic heterocycles. The second-order valence-corrected chi connectivity index (χ2v) is 6.46. The van der Waals surface area contributed by atoms with E-state index in [4.69, 9.17) is 4.74 Å². The van der Waals surface area contributed by atoms with Crippen molar-refractivity contribution in [2.75, 3.05) is 0 Å². The summed E-state index contributed by atoms with van der Waals surface area (Å²) in [4.78, 5) is 12.1. The Bertz CT molecular complexity index is 744. The minimum Gasteiger partial charge on any atom is -0.449 e. The number of carbonyl (C=O) groups excluding carboxylic acids is 1. The van der Waals surface area contributed by atoms with Gasteiger partial charge in [-0.1, -0.05) is 31.9 Å². The minimum absolute atomic E-state index is 0. The molecule has 2 radical (unpaired) electrons. The number of hydrogen-bond acceptors (Lipinski definition) is 2. The number of benzene rings is 2. The van der Waals surface area contributed by atoms with E-state index in [1.165, 1.54) is 24.3 Å². The Kier molecular flexibility index (Phi) is 10.2. The van der Waals surface area contributed by atoms with E-state index in [0.717, 1.165) is 43.2 Å². The van der Waals surface area contributed by atoms with Gasteiger partial charge in [-0.25, -0.2) is 13.6 Å². The Morgan fingerprint density at radius 2 is 1.77 bits per heavy atom. The van der Waals surface area contributed by atoms with E-state index in [1.807, 2.05) is 0 Å². The van der Waals surface area contributed by atoms with E-state index in [1.54, 1.807) is 6.07 Å². The summed E-state index contributed by atoms with van der Waals surface area (Å²) in [7, 11) is 0. The molecule has 3 rings (SSSR count). The maximum atomic E-state index is 14.3. The second-order valence-electron chi connectivity index (χ2n) is 6.46. The quantitative estimate of drug-likeness (QED) is 0.322. The number of ether oxygens (including phenoxy) is 1. The first kappa shape index (κ1) is 24.0. The Balaban J connectivity index is 0.00000169. The zero-order valence-electron chi connectivity index (χ0n) is 14.7. The Morgan fingerprint density at radius 1 is 1.08 bits per heavy atom. The number of carbonyl (C=O) groups is 1. The van der Waals surface area contributed by atoms with Gasteiger partial charge in [-0.2, -0.15) is 6.07 Å². The van der Waals surface area contributed by atoms with Crippen molar-refractivity contribution in [3.8, 4) is 5.75 Å². The molecule has 26 heavy (non-hydrogen) atoms. The molecule has 1 fully saturated rings. The van der Waals surface area contributed by atoms with E-state index >= 15 is 0 Å². The molecular weight excluding hydrogens is 488 g/mol. The molecule has 0 saturated heterocycles. The van der Waals surface area contributed by atoms with E-state index in [-0.39, 0.29) is 76.7 Å². The number of rotatable bonds is 3. The number of hydrogen-bond donors (Lipinski definition) is 0. The summed E-state index contributed by atoms with van der Waals surface area (Å²) in [5.74, 6) is -0.965. The molecule has 1 aliphatic rings. The Hall–Kier alpha value is -0.0222. The van der Waals surface area contributed by atoms with E-state index < -0.39 is 17.6 Å². The molecule has 0 bridgehead atoms. The fraction of sp³-hybridized carbons (Fsp3) is 0.350. The average molecular weight is 507 g/mol. The first-order valence-electron chi connectivity index (χ1n) is 8.22. The minimum atomic E-state index is -0.832. The second kappa shape index (κ2) is 11.1. The molecule has 132 valence electrons. The summed E-state index contributed by atoms with van der Waals surface area (Å²) in [6.45, 7) is 2.24. The van der Waals surface area contributed by atoms with Crippen molar-refractivity contribution in [3.63, 3.8) is 0 Å². The Labute approximate surface area is 203 Å². The molecule has 0 unspecified atom stereocenters. The summed E-state index contributed by atoms with van der Waals surface area (Å²) in [5, 5.41) is 0. The largest absolute Gasteiger partial charge is 0.449 e. The van der Waals surface area contributed by atoms with Gasteiger partial charge in [-0.05, 0) is 42.4 Å². The van der Waals surface area contributed by atoms with E-state index in [2.05, 4.69) is 13.0 Å². The maximum absolute atomic E-state index is 14.3. The van der Waals surface area contributed by atoms with Gasteiger partial charge in [-0.15, -0.1) is 12.1 Å². The van der Waals surface area contributed by atoms with Crippen LogP contribution >= 0.6 is 0 Å². The van der Waals surface area contributed by atoms with Crippen LogP contribution in [0.1, 0.15) is 54.4 Å². The van der Waals surface area contributed by atoms with Gasteiger partial charge >= 0.3 is 5.97 Å². The van der Waals surface area contributed by atoms with Gasteiger partial charge in [0.15, 0.2) is 0 Å². The predicted octanol–water partition coefficient (Wildman–Crippen LogP) is 5.27. The maximum Gasteiger partial charge on any atom is 0.344 e. The molecule has 0 aliphatic heterocycles. The van der Waals surface area contributed by atoms with Gasteiger partial charge in [0, 0.05) is 77.0 Å². The molecule has 2 aromatic carbocycles. The monoisotopic (exact) mass is 507 g/mol. The molecule has 0 atom stereocenters. The zero-order chi connectivity index (χ0) is 17.1. The van der Waals surface area contributed by atoms with Gasteiger partial charge in [0.25, 0.3) is 0 Å². The standard InChI is InChI=1S/C20H19F2O2.2Y/c1-13-5-7-14(8-6-13)15-9-10-18(19(22)11-15)20(23)24-17-4-2-3-16(21)12-17;;/h2,4,9-14H,5-8H2,1H3;;/q-1;;. The van der Waals surface area contributed by atoms with Crippen molar-refractivity contribution in [1.82, 2.24) is 0 Å². The SMILES string of the molecule is CC1CCC(c2ccc(C(=O)Oc3cc[c-]c(F)c3)c(F)c2)CC1.[Y].[Y]. The zero-order valence-corrected chi connectivity index (χ0v) is 20.4. The van der Waals surface area contributed by atoms with E-state index in [0.29, 0.717) is 5.92 Å². The van der Waals surface area contributed by atoms with E-state index in [9.17, 15) is 13.6 Å². The van der Waals surface area contributed by atoms with Crippen molar-refractivity contribution in [2.45, 2.75) is 38.5 Å². The number of halogens is 2. The van der Waals surface area contributed by atoms with Crippen molar-refractivity contribution >= 4 is 5.97 Å². The van der Waals surface area contributed by atoms with Crippen LogP contribution in [0.2, 0.25) is 0 Å². The first-order chi connectivity index (χ1) is 11.5. The van der Waals surface area contributed by atoms with Crippen molar-refractivity contribution in [2.24, 2.45) is 5.92 Å². The topological polar surface area (TPSA) is 26.3 Å². The predicted molar refractivity (Wildman–Crippen MR) is 87.0 cm³/mol. The normalized spacial score (nSPS) is 19.0. The third-order valence-corrected chi connectivity index (χ3v) is 4.65. The molecule has 1 aliphatic carbocycles. The third-order valence-electron chi connectivity index (χ3n) is 4.65. The molecule has 1 saturated carbocycles. The summed E-state index contributed by atoms with van der Waals surface area (Å²) in [6.07, 6.45) is 4.38. The van der Waals surface area contributed by atoms with Crippen LogP contribution in [-0.2, 0) is 65.4 Å². The van der Waals surface area contributed by atoms with Crippen molar-refractivity contribution < 1.29 is 83.7 Å². The summed E-state index contributed by atoms with van der Waals surface area (Å²) in [5.41, 5.74) is 0.785. The van der Waals surface area contributed by atoms with Crippen LogP contribution in [0.3, 0.4) is 0 Å². The van der Waals surface area contributed by atoms with Crippen molar-refractivity contribution in [3.05, 3.63) is 65.2 Å². The molecular formula is C20H19F2O2Y2-. The molecule has 6 heteroatoms. The van der Waals surface area contributed by atoms with Crippen LogP contribution < -0.4 is 4.74 Å². The van der Waals surface area contributed by atoms with Gasteiger partial charge in [0.05, 0.1) is 5.56 Å². The van der Waals surface area contributed by atoms with Gasteiger partial charge in [-0.3, -0.25) is 0 Å². The molecule has 0 N–H and O–H groups in total. The summed E-state index contributed by atoms with van der Waals surface area (Å²) >= 11 is 0. The summed E-state index contributed by atoms with van der Waals surface area (Å²) in [6, 6.07) is 10.7. The van der Waals surface area contributed by atoms with Crippen LogP contribution in [0.4, 0.5) is 8.78 Å².